The maximum absolute atomic E-state index is 13.2. The maximum Gasteiger partial charge on any atom is 0.262 e. The third-order valence-corrected chi connectivity index (χ3v) is 6.80. The Kier molecular flexibility index (Phi) is 8.91. The predicted molar refractivity (Wildman–Crippen MR) is 136 cm³/mol. The Hall–Kier alpha value is -3.17. The van der Waals surface area contributed by atoms with Crippen LogP contribution in [0.25, 0.3) is 10.9 Å². The number of hydrogen-bond acceptors (Lipinski definition) is 6. The minimum Gasteiger partial charge on any atom is -0.376 e. The van der Waals surface area contributed by atoms with Gasteiger partial charge in [0.1, 0.15) is 0 Å². The van der Waals surface area contributed by atoms with Gasteiger partial charge in [-0.15, -0.1) is 0 Å². The number of para-hydroxylation sites is 1. The van der Waals surface area contributed by atoms with Gasteiger partial charge >= 0.3 is 0 Å². The van der Waals surface area contributed by atoms with Crippen LogP contribution in [-0.4, -0.2) is 46.4 Å². The molecule has 184 valence electrons. The summed E-state index contributed by atoms with van der Waals surface area (Å²) in [6, 6.07) is 16.9. The van der Waals surface area contributed by atoms with Crippen LogP contribution >= 0.6 is 11.8 Å². The summed E-state index contributed by atoms with van der Waals surface area (Å²) in [6.45, 7) is 2.07. The number of amides is 2. The Morgan fingerprint density at radius 1 is 1.06 bits per heavy atom. The van der Waals surface area contributed by atoms with Crippen molar-refractivity contribution in [2.45, 2.75) is 50.0 Å². The van der Waals surface area contributed by atoms with E-state index in [0.29, 0.717) is 48.5 Å². The number of nitrogens with zero attached hydrogens (tertiary/aromatic N) is 2. The number of thioether (sulfide) groups is 1. The Morgan fingerprint density at radius 2 is 1.86 bits per heavy atom. The first kappa shape index (κ1) is 24.9. The minimum atomic E-state index is -0.164. The highest BCUT2D eigenvalue weighted by Crippen LogP contribution is 2.18. The van der Waals surface area contributed by atoms with E-state index in [2.05, 4.69) is 15.6 Å². The summed E-state index contributed by atoms with van der Waals surface area (Å²) in [4.78, 5) is 42.5. The second-order valence-electron chi connectivity index (χ2n) is 8.46. The quantitative estimate of drug-likeness (QED) is 0.314. The van der Waals surface area contributed by atoms with E-state index in [0.717, 1.165) is 25.0 Å². The molecule has 1 aliphatic rings. The molecule has 0 radical (unpaired) electrons. The average molecular weight is 495 g/mol. The summed E-state index contributed by atoms with van der Waals surface area (Å²) in [5.74, 6) is -0.0578. The summed E-state index contributed by atoms with van der Waals surface area (Å²) in [7, 11) is 0. The Balaban J connectivity index is 1.37. The molecule has 1 atom stereocenters. The number of carbonyl (C=O) groups excluding carboxylic acids is 2. The molecule has 0 bridgehead atoms. The van der Waals surface area contributed by atoms with E-state index in [9.17, 15) is 14.4 Å². The highest BCUT2D eigenvalue weighted by Gasteiger charge is 2.17. The Labute approximate surface area is 208 Å². The van der Waals surface area contributed by atoms with E-state index in [-0.39, 0.29) is 29.2 Å². The highest BCUT2D eigenvalue weighted by atomic mass is 32.2. The first-order chi connectivity index (χ1) is 17.1. The number of rotatable bonds is 11. The molecule has 1 saturated heterocycles. The van der Waals surface area contributed by atoms with Gasteiger partial charge in [-0.1, -0.05) is 54.2 Å². The van der Waals surface area contributed by atoms with Crippen molar-refractivity contribution in [3.05, 3.63) is 70.5 Å². The van der Waals surface area contributed by atoms with Crippen molar-refractivity contribution >= 4 is 34.5 Å². The lowest BCUT2D eigenvalue weighted by molar-refractivity contribution is -0.121. The van der Waals surface area contributed by atoms with E-state index in [1.165, 1.54) is 11.8 Å². The highest BCUT2D eigenvalue weighted by molar-refractivity contribution is 7.99. The topological polar surface area (TPSA) is 102 Å². The van der Waals surface area contributed by atoms with Crippen LogP contribution in [0, 0.1) is 0 Å². The summed E-state index contributed by atoms with van der Waals surface area (Å²) >= 11 is 1.23. The fourth-order valence-electron chi connectivity index (χ4n) is 3.95. The Morgan fingerprint density at radius 3 is 2.66 bits per heavy atom. The van der Waals surface area contributed by atoms with E-state index in [1.54, 1.807) is 22.8 Å². The zero-order chi connectivity index (χ0) is 24.5. The van der Waals surface area contributed by atoms with Crippen molar-refractivity contribution in [2.24, 2.45) is 0 Å². The smallest absolute Gasteiger partial charge is 0.262 e. The molecule has 2 amide bonds. The molecular weight excluding hydrogens is 464 g/mol. The summed E-state index contributed by atoms with van der Waals surface area (Å²) < 4.78 is 7.11. The third-order valence-electron chi connectivity index (χ3n) is 5.83. The van der Waals surface area contributed by atoms with Gasteiger partial charge in [-0.2, -0.15) is 0 Å². The zero-order valence-electron chi connectivity index (χ0n) is 19.6. The van der Waals surface area contributed by atoms with Gasteiger partial charge in [0.2, 0.25) is 11.8 Å². The lowest BCUT2D eigenvalue weighted by atomic mass is 10.2. The van der Waals surface area contributed by atoms with Crippen LogP contribution in [0.1, 0.15) is 31.2 Å². The molecule has 0 aliphatic carbocycles. The molecular formula is C26H30N4O4S. The van der Waals surface area contributed by atoms with Gasteiger partial charge in [-0.05, 0) is 37.0 Å². The van der Waals surface area contributed by atoms with Crippen LogP contribution in [-0.2, 0) is 27.4 Å². The standard InChI is InChI=1S/C26H30N4O4S/c31-23(28-17-20-10-7-15-34-20)13-6-14-30-25(33)21-11-4-5-12-22(21)29-26(30)35-18-24(32)27-16-19-8-2-1-3-9-19/h1-5,8-9,11-12,20H,6-7,10,13-18H2,(H,27,32)(H,28,31)/t20-/m0/s1. The number of nitrogens with one attached hydrogen (secondary N) is 2. The monoisotopic (exact) mass is 494 g/mol. The molecule has 2 N–H and O–H groups in total. The fraction of sp³-hybridized carbons (Fsp3) is 0.385. The fourth-order valence-corrected chi connectivity index (χ4v) is 4.81. The van der Waals surface area contributed by atoms with E-state index < -0.39 is 0 Å². The van der Waals surface area contributed by atoms with Crippen LogP contribution in [0.15, 0.2) is 64.5 Å². The van der Waals surface area contributed by atoms with Crippen molar-refractivity contribution in [1.82, 2.24) is 20.2 Å². The van der Waals surface area contributed by atoms with Crippen molar-refractivity contribution in [1.29, 1.82) is 0 Å². The first-order valence-electron chi connectivity index (χ1n) is 11.9. The van der Waals surface area contributed by atoms with Crippen LogP contribution in [0.5, 0.6) is 0 Å². The predicted octanol–water partition coefficient (Wildman–Crippen LogP) is 2.88. The first-order valence-corrected chi connectivity index (χ1v) is 12.9. The van der Waals surface area contributed by atoms with Crippen LogP contribution in [0.4, 0.5) is 0 Å². The molecule has 1 aromatic heterocycles. The largest absolute Gasteiger partial charge is 0.376 e. The summed E-state index contributed by atoms with van der Waals surface area (Å²) in [5.41, 5.74) is 1.45. The molecule has 1 aliphatic heterocycles. The molecule has 0 spiro atoms. The molecule has 2 aromatic carbocycles. The van der Waals surface area contributed by atoms with Gasteiger partial charge in [0.25, 0.3) is 5.56 Å². The molecule has 1 fully saturated rings. The minimum absolute atomic E-state index is 0.0585. The second kappa shape index (κ2) is 12.5. The molecule has 9 heteroatoms. The van der Waals surface area contributed by atoms with Gasteiger partial charge in [0, 0.05) is 32.7 Å². The Bertz CT molecular complexity index is 1210. The molecule has 2 heterocycles. The summed E-state index contributed by atoms with van der Waals surface area (Å²) in [5, 5.41) is 6.81. The number of fused-ring (bicyclic) bond motifs is 1. The van der Waals surface area contributed by atoms with E-state index in [1.807, 2.05) is 36.4 Å². The molecule has 0 saturated carbocycles. The number of ether oxygens (including phenoxy) is 1. The van der Waals surface area contributed by atoms with Gasteiger partial charge in [-0.3, -0.25) is 19.0 Å². The molecule has 0 unspecified atom stereocenters. The zero-order valence-corrected chi connectivity index (χ0v) is 20.4. The SMILES string of the molecule is O=C(CCCn1c(SCC(=O)NCc2ccccc2)nc2ccccc2c1=O)NC[C@@H]1CCCO1. The van der Waals surface area contributed by atoms with Crippen LogP contribution in [0.3, 0.4) is 0 Å². The normalized spacial score (nSPS) is 15.3. The number of carbonyl (C=O) groups is 2. The van der Waals surface area contributed by atoms with Crippen molar-refractivity contribution in [2.75, 3.05) is 18.9 Å². The lowest BCUT2D eigenvalue weighted by Crippen LogP contribution is -2.32. The van der Waals surface area contributed by atoms with Crippen LogP contribution in [0.2, 0.25) is 0 Å². The molecule has 3 aromatic rings. The maximum atomic E-state index is 13.2. The van der Waals surface area contributed by atoms with Crippen LogP contribution < -0.4 is 16.2 Å². The number of aromatic nitrogens is 2. The molecule has 4 rings (SSSR count). The van der Waals surface area contributed by atoms with Gasteiger partial charge in [0.05, 0.1) is 22.8 Å². The molecule has 35 heavy (non-hydrogen) atoms. The van der Waals surface area contributed by atoms with Gasteiger partial charge in [-0.25, -0.2) is 4.98 Å². The van der Waals surface area contributed by atoms with E-state index in [4.69, 9.17) is 4.74 Å². The number of hydrogen-bond donors (Lipinski definition) is 2. The summed E-state index contributed by atoms with van der Waals surface area (Å²) in [6.07, 6.45) is 2.89. The van der Waals surface area contributed by atoms with Crippen molar-refractivity contribution in [3.63, 3.8) is 0 Å². The van der Waals surface area contributed by atoms with Gasteiger partial charge in [0.15, 0.2) is 5.16 Å². The van der Waals surface area contributed by atoms with E-state index >= 15 is 0 Å². The van der Waals surface area contributed by atoms with Crippen molar-refractivity contribution < 1.29 is 14.3 Å². The third kappa shape index (κ3) is 7.16. The average Bonchev–Trinajstić information content (AvgIpc) is 3.41. The molecule has 8 nitrogen and oxygen atoms in total. The van der Waals surface area contributed by atoms with Gasteiger partial charge < -0.3 is 15.4 Å². The number of benzene rings is 2. The second-order valence-corrected chi connectivity index (χ2v) is 9.40. The lowest BCUT2D eigenvalue weighted by Gasteiger charge is -2.14. The van der Waals surface area contributed by atoms with Crippen molar-refractivity contribution in [3.8, 4) is 0 Å².